The fourth-order valence-electron chi connectivity index (χ4n) is 1.87. The quantitative estimate of drug-likeness (QED) is 0.512. The average Bonchev–Trinajstić information content (AvgIpc) is 2.62. The highest BCUT2D eigenvalue weighted by atomic mass is 32.1. The Kier molecular flexibility index (Phi) is 7.24. The van der Waals surface area contributed by atoms with Crippen molar-refractivity contribution in [1.29, 1.82) is 0 Å². The van der Waals surface area contributed by atoms with Crippen molar-refractivity contribution in [3.05, 3.63) is 54.3 Å². The van der Waals surface area contributed by atoms with Crippen LogP contribution in [-0.4, -0.2) is 23.7 Å². The van der Waals surface area contributed by atoms with Crippen molar-refractivity contribution in [1.82, 2.24) is 10.9 Å². The molecule has 3 N–H and O–H groups in total. The number of alkyl halides is 2. The summed E-state index contributed by atoms with van der Waals surface area (Å²) in [5.41, 5.74) is 5.34. The molecule has 0 unspecified atom stereocenters. The molecule has 1 atom stereocenters. The predicted molar refractivity (Wildman–Crippen MR) is 97.1 cm³/mol. The molecular weight excluding hydrogens is 383 g/mol. The molecule has 0 aliphatic rings. The Balaban J connectivity index is 1.76. The van der Waals surface area contributed by atoms with E-state index in [-0.39, 0.29) is 10.9 Å². The normalized spacial score (nSPS) is 11.4. The average molecular weight is 399 g/mol. The van der Waals surface area contributed by atoms with Crippen LogP contribution in [0.5, 0.6) is 11.5 Å². The Bertz CT molecular complexity index is 773. The maximum absolute atomic E-state index is 12.8. The van der Waals surface area contributed by atoms with Crippen LogP contribution < -0.4 is 25.6 Å². The molecule has 0 aliphatic heterocycles. The molecule has 10 heteroatoms. The first-order valence-electron chi connectivity index (χ1n) is 7.67. The van der Waals surface area contributed by atoms with Crippen LogP contribution >= 0.6 is 12.2 Å². The summed E-state index contributed by atoms with van der Waals surface area (Å²) in [6, 6.07) is 10.9. The number of amides is 1. The van der Waals surface area contributed by atoms with E-state index in [2.05, 4.69) is 20.9 Å². The lowest BCUT2D eigenvalue weighted by molar-refractivity contribution is -0.127. The van der Waals surface area contributed by atoms with E-state index in [1.54, 1.807) is 0 Å². The van der Waals surface area contributed by atoms with Crippen molar-refractivity contribution in [3.8, 4) is 11.5 Å². The fourth-order valence-corrected chi connectivity index (χ4v) is 2.04. The van der Waals surface area contributed by atoms with E-state index in [4.69, 9.17) is 17.0 Å². The Morgan fingerprint density at radius 1 is 0.963 bits per heavy atom. The van der Waals surface area contributed by atoms with Gasteiger partial charge in [0.2, 0.25) is 0 Å². The molecule has 2 aromatic rings. The molecule has 0 heterocycles. The molecule has 27 heavy (non-hydrogen) atoms. The standard InChI is InChI=1S/C17H16F3N3O3S/c1-10(25-13-6-2-11(18)3-7-13)15(24)22-23-17(27)21-12-4-8-14(9-5-12)26-16(19)20/h2-10,16H,1H3,(H,22,24)(H2,21,23,27)/t10-/m0/s1. The molecule has 0 saturated carbocycles. The first-order chi connectivity index (χ1) is 12.8. The number of hydrazine groups is 1. The van der Waals surface area contributed by atoms with Gasteiger partial charge < -0.3 is 14.8 Å². The molecule has 2 aromatic carbocycles. The summed E-state index contributed by atoms with van der Waals surface area (Å²) >= 11 is 5.02. The molecular formula is C17H16F3N3O3S. The fraction of sp³-hybridized carbons (Fsp3) is 0.176. The SMILES string of the molecule is C[C@H](Oc1ccc(F)cc1)C(=O)NNC(=S)Nc1ccc(OC(F)F)cc1. The number of ether oxygens (including phenoxy) is 2. The second kappa shape index (κ2) is 9.62. The number of thiocarbonyl (C=S) groups is 1. The summed E-state index contributed by atoms with van der Waals surface area (Å²) in [6.45, 7) is -1.39. The number of hydrogen-bond donors (Lipinski definition) is 3. The molecule has 0 radical (unpaired) electrons. The summed E-state index contributed by atoms with van der Waals surface area (Å²) in [5, 5.41) is 2.82. The third-order valence-corrected chi connectivity index (χ3v) is 3.34. The van der Waals surface area contributed by atoms with Gasteiger partial charge in [0.15, 0.2) is 11.2 Å². The van der Waals surface area contributed by atoms with Gasteiger partial charge in [-0.25, -0.2) is 4.39 Å². The summed E-state index contributed by atoms with van der Waals surface area (Å²) in [5.74, 6) is -0.573. The van der Waals surface area contributed by atoms with Crippen LogP contribution in [0.15, 0.2) is 48.5 Å². The lowest BCUT2D eigenvalue weighted by Crippen LogP contribution is -2.48. The van der Waals surface area contributed by atoms with E-state index >= 15 is 0 Å². The lowest BCUT2D eigenvalue weighted by Gasteiger charge is -2.16. The highest BCUT2D eigenvalue weighted by Crippen LogP contribution is 2.17. The second-order valence-electron chi connectivity index (χ2n) is 5.19. The molecule has 144 valence electrons. The molecule has 0 saturated heterocycles. The smallest absolute Gasteiger partial charge is 0.387 e. The van der Waals surface area contributed by atoms with Crippen molar-refractivity contribution >= 4 is 28.9 Å². The van der Waals surface area contributed by atoms with Gasteiger partial charge in [-0.15, -0.1) is 0 Å². The van der Waals surface area contributed by atoms with Crippen LogP contribution in [0, 0.1) is 5.82 Å². The molecule has 6 nitrogen and oxygen atoms in total. The molecule has 0 aromatic heterocycles. The predicted octanol–water partition coefficient (Wildman–Crippen LogP) is 3.21. The number of carbonyl (C=O) groups excluding carboxylic acids is 1. The number of rotatable bonds is 6. The van der Waals surface area contributed by atoms with Crippen molar-refractivity contribution in [2.24, 2.45) is 0 Å². The topological polar surface area (TPSA) is 71.6 Å². The number of carbonyl (C=O) groups is 1. The lowest BCUT2D eigenvalue weighted by atomic mass is 10.3. The highest BCUT2D eigenvalue weighted by molar-refractivity contribution is 7.80. The Labute approximate surface area is 158 Å². The van der Waals surface area contributed by atoms with E-state index in [1.165, 1.54) is 55.5 Å². The monoisotopic (exact) mass is 399 g/mol. The number of benzene rings is 2. The minimum atomic E-state index is -2.90. The molecule has 0 bridgehead atoms. The summed E-state index contributed by atoms with van der Waals surface area (Å²) in [4.78, 5) is 12.0. The maximum atomic E-state index is 12.8. The summed E-state index contributed by atoms with van der Waals surface area (Å²) in [7, 11) is 0. The molecule has 1 amide bonds. The van der Waals surface area contributed by atoms with Gasteiger partial charge >= 0.3 is 6.61 Å². The van der Waals surface area contributed by atoms with Crippen LogP contribution in [0.2, 0.25) is 0 Å². The second-order valence-corrected chi connectivity index (χ2v) is 5.59. The van der Waals surface area contributed by atoms with Gasteiger partial charge in [-0.1, -0.05) is 0 Å². The maximum Gasteiger partial charge on any atom is 0.387 e. The van der Waals surface area contributed by atoms with E-state index in [0.717, 1.165) is 0 Å². The first-order valence-corrected chi connectivity index (χ1v) is 8.08. The molecule has 0 aliphatic carbocycles. The van der Waals surface area contributed by atoms with Crippen molar-refractivity contribution in [2.45, 2.75) is 19.6 Å². The zero-order chi connectivity index (χ0) is 19.8. The molecule has 0 spiro atoms. The van der Waals surface area contributed by atoms with Crippen molar-refractivity contribution < 1.29 is 27.4 Å². The Morgan fingerprint density at radius 3 is 2.11 bits per heavy atom. The third kappa shape index (κ3) is 7.02. The minimum absolute atomic E-state index is 0.00879. The van der Waals surface area contributed by atoms with Crippen molar-refractivity contribution in [2.75, 3.05) is 5.32 Å². The highest BCUT2D eigenvalue weighted by Gasteiger charge is 2.15. The summed E-state index contributed by atoms with van der Waals surface area (Å²) in [6.07, 6.45) is -0.864. The van der Waals surface area contributed by atoms with Gasteiger partial charge in [0.1, 0.15) is 17.3 Å². The van der Waals surface area contributed by atoms with Gasteiger partial charge in [-0.3, -0.25) is 15.6 Å². The van der Waals surface area contributed by atoms with E-state index in [0.29, 0.717) is 11.4 Å². The Hall–Kier alpha value is -3.01. The summed E-state index contributed by atoms with van der Waals surface area (Å²) < 4.78 is 46.6. The van der Waals surface area contributed by atoms with Crippen LogP contribution in [0.3, 0.4) is 0 Å². The van der Waals surface area contributed by atoms with Gasteiger partial charge in [0.05, 0.1) is 0 Å². The van der Waals surface area contributed by atoms with E-state index < -0.39 is 24.4 Å². The van der Waals surface area contributed by atoms with Gasteiger partial charge in [-0.2, -0.15) is 8.78 Å². The zero-order valence-corrected chi connectivity index (χ0v) is 14.9. The molecule has 2 rings (SSSR count). The van der Waals surface area contributed by atoms with Crippen molar-refractivity contribution in [3.63, 3.8) is 0 Å². The van der Waals surface area contributed by atoms with Crippen LogP contribution in [-0.2, 0) is 4.79 Å². The van der Waals surface area contributed by atoms with Crippen LogP contribution in [0.1, 0.15) is 6.92 Å². The number of halogens is 3. The number of nitrogens with one attached hydrogen (secondary N) is 3. The largest absolute Gasteiger partial charge is 0.481 e. The number of anilines is 1. The first kappa shape index (κ1) is 20.3. The van der Waals surface area contributed by atoms with Crippen LogP contribution in [0.25, 0.3) is 0 Å². The minimum Gasteiger partial charge on any atom is -0.481 e. The Morgan fingerprint density at radius 2 is 1.52 bits per heavy atom. The molecule has 0 fully saturated rings. The van der Waals surface area contributed by atoms with E-state index in [1.807, 2.05) is 0 Å². The van der Waals surface area contributed by atoms with Gasteiger partial charge in [0.25, 0.3) is 5.91 Å². The third-order valence-electron chi connectivity index (χ3n) is 3.13. The van der Waals surface area contributed by atoms with Crippen LogP contribution in [0.4, 0.5) is 18.9 Å². The van der Waals surface area contributed by atoms with Gasteiger partial charge in [-0.05, 0) is 67.7 Å². The zero-order valence-electron chi connectivity index (χ0n) is 14.0. The van der Waals surface area contributed by atoms with Gasteiger partial charge in [0, 0.05) is 5.69 Å². The van der Waals surface area contributed by atoms with E-state index in [9.17, 15) is 18.0 Å². The number of hydrogen-bond acceptors (Lipinski definition) is 4.